The van der Waals surface area contributed by atoms with E-state index in [1.165, 1.54) is 0 Å². The SMILES string of the molecule is COc1cccc(C(=O)c2cccn2CC/C=C/c2cccc(-c3oc(-c4ccccc4)nc3C(=O)O)c2)c1. The van der Waals surface area contributed by atoms with Crippen molar-refractivity contribution in [3.63, 3.8) is 0 Å². The van der Waals surface area contributed by atoms with Crippen molar-refractivity contribution in [2.24, 2.45) is 0 Å². The summed E-state index contributed by atoms with van der Waals surface area (Å²) in [5.74, 6) is -0.101. The summed E-state index contributed by atoms with van der Waals surface area (Å²) in [4.78, 5) is 29.1. The van der Waals surface area contributed by atoms with Gasteiger partial charge in [0, 0.05) is 29.4 Å². The molecule has 0 bridgehead atoms. The van der Waals surface area contributed by atoms with Gasteiger partial charge in [-0.25, -0.2) is 9.78 Å². The van der Waals surface area contributed by atoms with Gasteiger partial charge in [-0.3, -0.25) is 4.79 Å². The average Bonchev–Trinajstić information content (AvgIpc) is 3.64. The number of carbonyl (C=O) groups is 2. The molecule has 2 heterocycles. The van der Waals surface area contributed by atoms with Crippen LogP contribution in [0.1, 0.15) is 38.5 Å². The second-order valence-corrected chi connectivity index (χ2v) is 8.83. The Hall–Kier alpha value is -5.17. The highest BCUT2D eigenvalue weighted by molar-refractivity contribution is 6.08. The van der Waals surface area contributed by atoms with E-state index in [1.54, 1.807) is 31.4 Å². The Morgan fingerprint density at radius 3 is 2.54 bits per heavy atom. The van der Waals surface area contributed by atoms with Gasteiger partial charge in [0.05, 0.1) is 12.8 Å². The Morgan fingerprint density at radius 1 is 0.949 bits per heavy atom. The summed E-state index contributed by atoms with van der Waals surface area (Å²) in [6.45, 7) is 0.625. The summed E-state index contributed by atoms with van der Waals surface area (Å²) in [5, 5.41) is 9.71. The molecule has 0 aliphatic rings. The van der Waals surface area contributed by atoms with Crippen LogP contribution in [0.15, 0.2) is 108 Å². The number of carboxylic acid groups (broad SMARTS) is 1. The topological polar surface area (TPSA) is 94.6 Å². The lowest BCUT2D eigenvalue weighted by molar-refractivity contribution is 0.0691. The van der Waals surface area contributed by atoms with Gasteiger partial charge < -0.3 is 18.8 Å². The molecule has 0 atom stereocenters. The number of hydrogen-bond donors (Lipinski definition) is 1. The maximum absolute atomic E-state index is 13.0. The van der Waals surface area contributed by atoms with Crippen LogP contribution in [0.4, 0.5) is 0 Å². The van der Waals surface area contributed by atoms with Gasteiger partial charge in [0.25, 0.3) is 0 Å². The van der Waals surface area contributed by atoms with Crippen molar-refractivity contribution < 1.29 is 23.8 Å². The number of ether oxygens (including phenoxy) is 1. The quantitative estimate of drug-likeness (QED) is 0.203. The van der Waals surface area contributed by atoms with E-state index in [9.17, 15) is 14.7 Å². The number of aromatic carboxylic acids is 1. The van der Waals surface area contributed by atoms with Crippen molar-refractivity contribution in [1.29, 1.82) is 0 Å². The monoisotopic (exact) mass is 518 g/mol. The smallest absolute Gasteiger partial charge is 0.358 e. The third kappa shape index (κ3) is 5.72. The Balaban J connectivity index is 1.30. The maximum atomic E-state index is 13.0. The molecule has 0 fully saturated rings. The molecule has 5 aromatic rings. The molecule has 0 unspecified atom stereocenters. The summed E-state index contributed by atoms with van der Waals surface area (Å²) in [6.07, 6.45) is 6.57. The number of aryl methyl sites for hydroxylation is 1. The van der Waals surface area contributed by atoms with Crippen molar-refractivity contribution in [3.05, 3.63) is 126 Å². The van der Waals surface area contributed by atoms with Crippen LogP contribution in [-0.2, 0) is 6.54 Å². The fourth-order valence-electron chi connectivity index (χ4n) is 4.31. The van der Waals surface area contributed by atoms with Gasteiger partial charge in [0.1, 0.15) is 5.75 Å². The molecular weight excluding hydrogens is 492 g/mol. The van der Waals surface area contributed by atoms with Crippen LogP contribution < -0.4 is 4.74 Å². The Kier molecular flexibility index (Phi) is 7.50. The minimum atomic E-state index is -1.15. The zero-order valence-electron chi connectivity index (χ0n) is 21.3. The lowest BCUT2D eigenvalue weighted by Gasteiger charge is -2.08. The summed E-state index contributed by atoms with van der Waals surface area (Å²) in [7, 11) is 1.58. The molecule has 0 radical (unpaired) electrons. The van der Waals surface area contributed by atoms with E-state index in [0.29, 0.717) is 41.1 Å². The van der Waals surface area contributed by atoms with Crippen LogP contribution in [0.3, 0.4) is 0 Å². The summed E-state index contributed by atoms with van der Waals surface area (Å²) in [6, 6.07) is 27.5. The number of carbonyl (C=O) groups excluding carboxylic acids is 1. The number of hydrogen-bond acceptors (Lipinski definition) is 5. The third-order valence-corrected chi connectivity index (χ3v) is 6.24. The number of nitrogens with zero attached hydrogens (tertiary/aromatic N) is 2. The Labute approximate surface area is 225 Å². The van der Waals surface area contributed by atoms with Gasteiger partial charge in [0.15, 0.2) is 11.5 Å². The number of ketones is 1. The molecular formula is C32H26N2O5. The average molecular weight is 519 g/mol. The van der Waals surface area contributed by atoms with Crippen LogP contribution in [0, 0.1) is 0 Å². The van der Waals surface area contributed by atoms with Gasteiger partial charge in [-0.15, -0.1) is 0 Å². The highest BCUT2D eigenvalue weighted by Crippen LogP contribution is 2.30. The zero-order valence-corrected chi connectivity index (χ0v) is 21.3. The van der Waals surface area contributed by atoms with Gasteiger partial charge in [0.2, 0.25) is 11.7 Å². The van der Waals surface area contributed by atoms with E-state index >= 15 is 0 Å². The first-order valence-corrected chi connectivity index (χ1v) is 12.4. The van der Waals surface area contributed by atoms with E-state index in [2.05, 4.69) is 4.98 Å². The van der Waals surface area contributed by atoms with E-state index in [-0.39, 0.29) is 23.1 Å². The summed E-state index contributed by atoms with van der Waals surface area (Å²) < 4.78 is 13.1. The predicted octanol–water partition coefficient (Wildman–Crippen LogP) is 6.85. The van der Waals surface area contributed by atoms with E-state index in [0.717, 1.165) is 5.56 Å². The highest BCUT2D eigenvalue weighted by Gasteiger charge is 2.21. The summed E-state index contributed by atoms with van der Waals surface area (Å²) >= 11 is 0. The van der Waals surface area contributed by atoms with Crippen molar-refractivity contribution in [1.82, 2.24) is 9.55 Å². The molecule has 7 nitrogen and oxygen atoms in total. The van der Waals surface area contributed by atoms with Crippen LogP contribution in [-0.4, -0.2) is 33.5 Å². The van der Waals surface area contributed by atoms with Gasteiger partial charge in [-0.05, 0) is 54.4 Å². The van der Waals surface area contributed by atoms with Crippen LogP contribution in [0.5, 0.6) is 5.75 Å². The van der Waals surface area contributed by atoms with Gasteiger partial charge >= 0.3 is 5.97 Å². The molecule has 0 saturated carbocycles. The molecule has 0 amide bonds. The Bertz CT molecular complexity index is 1650. The van der Waals surface area contributed by atoms with E-state index < -0.39 is 5.97 Å². The van der Waals surface area contributed by atoms with Crippen LogP contribution in [0.2, 0.25) is 0 Å². The van der Waals surface area contributed by atoms with E-state index in [4.69, 9.17) is 9.15 Å². The maximum Gasteiger partial charge on any atom is 0.358 e. The lowest BCUT2D eigenvalue weighted by atomic mass is 10.1. The molecule has 0 spiro atoms. The fraction of sp³-hybridized carbons (Fsp3) is 0.0938. The summed E-state index contributed by atoms with van der Waals surface area (Å²) in [5.41, 5.74) is 3.28. The number of aromatic nitrogens is 2. The molecule has 3 aromatic carbocycles. The minimum Gasteiger partial charge on any atom is -0.497 e. The van der Waals surface area contributed by atoms with Crippen LogP contribution >= 0.6 is 0 Å². The second kappa shape index (κ2) is 11.5. The number of allylic oxidation sites excluding steroid dienone is 1. The molecule has 0 aliphatic heterocycles. The largest absolute Gasteiger partial charge is 0.497 e. The second-order valence-electron chi connectivity index (χ2n) is 8.83. The van der Waals surface area contributed by atoms with Gasteiger partial charge in [-0.1, -0.05) is 60.7 Å². The zero-order chi connectivity index (χ0) is 27.2. The minimum absolute atomic E-state index is 0.0632. The molecule has 5 rings (SSSR count). The molecule has 194 valence electrons. The molecule has 0 saturated heterocycles. The first-order valence-electron chi connectivity index (χ1n) is 12.4. The molecule has 0 aliphatic carbocycles. The number of carboxylic acids is 1. The fourth-order valence-corrected chi connectivity index (χ4v) is 4.31. The number of rotatable bonds is 10. The number of oxazole rings is 1. The van der Waals surface area contributed by atoms with Crippen molar-refractivity contribution in [3.8, 4) is 28.5 Å². The first-order chi connectivity index (χ1) is 19.0. The van der Waals surface area contributed by atoms with Crippen molar-refractivity contribution in [2.45, 2.75) is 13.0 Å². The van der Waals surface area contributed by atoms with Gasteiger partial charge in [-0.2, -0.15) is 0 Å². The standard InChI is InChI=1S/C32H26N2O5/c1-38-26-16-8-14-24(21-26)29(35)27-17-9-19-34(27)18-6-5-10-22-11-7-15-25(20-22)30-28(32(36)37)33-31(39-30)23-12-3-2-4-13-23/h2-5,7-17,19-21H,6,18H2,1H3,(H,36,37)/b10-5+. The number of benzene rings is 3. The lowest BCUT2D eigenvalue weighted by Crippen LogP contribution is -2.09. The molecule has 39 heavy (non-hydrogen) atoms. The Morgan fingerprint density at radius 2 is 1.74 bits per heavy atom. The number of methoxy groups -OCH3 is 1. The van der Waals surface area contributed by atoms with E-state index in [1.807, 2.05) is 89.6 Å². The van der Waals surface area contributed by atoms with Crippen molar-refractivity contribution >= 4 is 17.8 Å². The van der Waals surface area contributed by atoms with Crippen molar-refractivity contribution in [2.75, 3.05) is 7.11 Å². The first kappa shape index (κ1) is 25.5. The molecule has 7 heteroatoms. The highest BCUT2D eigenvalue weighted by atomic mass is 16.5. The molecule has 1 N–H and O–H groups in total. The van der Waals surface area contributed by atoms with Crippen LogP contribution in [0.25, 0.3) is 28.9 Å². The predicted molar refractivity (Wildman–Crippen MR) is 149 cm³/mol. The normalized spacial score (nSPS) is 11.1. The third-order valence-electron chi connectivity index (χ3n) is 6.24. The molecule has 2 aromatic heterocycles.